The van der Waals surface area contributed by atoms with Gasteiger partial charge in [-0.15, -0.1) is 10.2 Å². The summed E-state index contributed by atoms with van der Waals surface area (Å²) in [6, 6.07) is 12.6. The Morgan fingerprint density at radius 3 is 2.74 bits per heavy atom. The fourth-order valence-corrected chi connectivity index (χ4v) is 5.57. The maximum absolute atomic E-state index is 14.6. The zero-order valence-electron chi connectivity index (χ0n) is 16.5. The van der Waals surface area contributed by atoms with Gasteiger partial charge in [-0.2, -0.15) is 10.4 Å². The Morgan fingerprint density at radius 1 is 1.19 bits per heavy atom. The monoisotopic (exact) mass is 456 g/mol. The minimum Gasteiger partial charge on any atom is -0.330 e. The van der Waals surface area contributed by atoms with Gasteiger partial charge in [0.15, 0.2) is 0 Å². The van der Waals surface area contributed by atoms with Gasteiger partial charge in [-0.3, -0.25) is 0 Å². The van der Waals surface area contributed by atoms with Crippen LogP contribution in [0.1, 0.15) is 34.5 Å². The minimum atomic E-state index is -0.841. The zero-order chi connectivity index (χ0) is 22.0. The van der Waals surface area contributed by atoms with Crippen molar-refractivity contribution in [2.45, 2.75) is 24.6 Å². The molecule has 3 aromatic rings. The number of hydrazone groups is 1. The van der Waals surface area contributed by atoms with E-state index in [-0.39, 0.29) is 5.56 Å². The smallest absolute Gasteiger partial charge is 0.230 e. The highest BCUT2D eigenvalue weighted by atomic mass is 32.2. The van der Waals surface area contributed by atoms with Crippen LogP contribution < -0.4 is 10.7 Å². The first-order chi connectivity index (χ1) is 15.0. The van der Waals surface area contributed by atoms with E-state index in [1.807, 2.05) is 13.0 Å². The van der Waals surface area contributed by atoms with Crippen molar-refractivity contribution in [1.82, 2.24) is 10.2 Å². The summed E-state index contributed by atoms with van der Waals surface area (Å²) in [7, 11) is 0. The van der Waals surface area contributed by atoms with E-state index in [0.29, 0.717) is 35.1 Å². The maximum Gasteiger partial charge on any atom is 0.230 e. The van der Waals surface area contributed by atoms with Gasteiger partial charge in [0, 0.05) is 5.56 Å². The Bertz CT molecular complexity index is 1190. The van der Waals surface area contributed by atoms with Gasteiger partial charge in [-0.25, -0.2) is 13.8 Å². The molecule has 1 aliphatic rings. The van der Waals surface area contributed by atoms with Gasteiger partial charge in [0.2, 0.25) is 5.13 Å². The second-order valence-corrected chi connectivity index (χ2v) is 9.34. The lowest BCUT2D eigenvalue weighted by Crippen LogP contribution is -2.38. The second-order valence-electron chi connectivity index (χ2n) is 6.92. The predicted octanol–water partition coefficient (Wildman–Crippen LogP) is 4.50. The molecular weight excluding hydrogens is 438 g/mol. The van der Waals surface area contributed by atoms with Crippen molar-refractivity contribution in [2.75, 3.05) is 11.6 Å². The Balaban J connectivity index is 1.91. The number of aryl methyl sites for hydroxylation is 1. The first-order valence-electron chi connectivity index (χ1n) is 9.51. The van der Waals surface area contributed by atoms with Gasteiger partial charge in [0.05, 0.1) is 11.6 Å². The van der Waals surface area contributed by atoms with Crippen LogP contribution in [0.5, 0.6) is 0 Å². The molecule has 1 unspecified atom stereocenters. The molecule has 2 heterocycles. The van der Waals surface area contributed by atoms with Crippen molar-refractivity contribution < 1.29 is 8.78 Å². The van der Waals surface area contributed by atoms with E-state index < -0.39 is 16.5 Å². The molecule has 0 bridgehead atoms. The average molecular weight is 457 g/mol. The van der Waals surface area contributed by atoms with Crippen molar-refractivity contribution >= 4 is 33.3 Å². The van der Waals surface area contributed by atoms with E-state index in [1.165, 1.54) is 23.1 Å². The molecule has 2 N–H and O–H groups in total. The normalized spacial score (nSPS) is 18.2. The van der Waals surface area contributed by atoms with E-state index in [2.05, 4.69) is 21.4 Å². The molecule has 1 aromatic heterocycles. The lowest BCUT2D eigenvalue weighted by Gasteiger charge is -2.35. The number of anilines is 1. The number of benzene rings is 2. The molecule has 0 radical (unpaired) electrons. The van der Waals surface area contributed by atoms with Crippen LogP contribution in [0.15, 0.2) is 47.6 Å². The van der Waals surface area contributed by atoms with Crippen molar-refractivity contribution in [3.63, 3.8) is 0 Å². The number of rotatable bonds is 6. The molecule has 31 heavy (non-hydrogen) atoms. The lowest BCUT2D eigenvalue weighted by atomic mass is 9.98. The third-order valence-electron chi connectivity index (χ3n) is 4.82. The molecule has 6 nitrogen and oxygen atoms in total. The van der Waals surface area contributed by atoms with Crippen LogP contribution in [-0.2, 0) is 4.87 Å². The minimum absolute atomic E-state index is 0.0716. The molecule has 0 fully saturated rings. The molecule has 158 valence electrons. The van der Waals surface area contributed by atoms with Crippen LogP contribution in [0.3, 0.4) is 0 Å². The van der Waals surface area contributed by atoms with Gasteiger partial charge < -0.3 is 5.73 Å². The van der Waals surface area contributed by atoms with Crippen LogP contribution in [-0.4, -0.2) is 21.8 Å². The van der Waals surface area contributed by atoms with Crippen LogP contribution in [0.4, 0.5) is 13.9 Å². The van der Waals surface area contributed by atoms with E-state index in [1.54, 1.807) is 23.2 Å². The van der Waals surface area contributed by atoms with Gasteiger partial charge in [-0.1, -0.05) is 35.2 Å². The van der Waals surface area contributed by atoms with Gasteiger partial charge in [0.25, 0.3) is 0 Å². The largest absolute Gasteiger partial charge is 0.330 e. The summed E-state index contributed by atoms with van der Waals surface area (Å²) in [6.45, 7) is 2.27. The average Bonchev–Trinajstić information content (AvgIpc) is 3.38. The molecular formula is C21H18F2N6S2. The molecule has 2 aromatic carbocycles. The van der Waals surface area contributed by atoms with Crippen LogP contribution in [0, 0.1) is 29.9 Å². The first kappa shape index (κ1) is 21.4. The highest BCUT2D eigenvalue weighted by Crippen LogP contribution is 2.52. The molecule has 1 atom stereocenters. The zero-order valence-corrected chi connectivity index (χ0v) is 18.2. The fourth-order valence-electron chi connectivity index (χ4n) is 3.39. The fraction of sp³-hybridized carbons (Fsp3) is 0.238. The van der Waals surface area contributed by atoms with Crippen LogP contribution in [0.2, 0.25) is 0 Å². The molecule has 0 aliphatic carbocycles. The Hall–Kier alpha value is -2.87. The molecule has 0 saturated carbocycles. The standard InChI is InChI=1S/C21H18F2N6S2/c1-13-26-27-20(30-13)29-21(8-3-9-24,15-5-2-4-14(10-15)12-25)31-19(28-29)17-11-16(22)6-7-18(17)23/h2,4-7,10-11H,3,8-9,24H2,1H3. The number of nitriles is 1. The van der Waals surface area contributed by atoms with Crippen molar-refractivity contribution in [1.29, 1.82) is 5.26 Å². The van der Waals surface area contributed by atoms with Crippen molar-refractivity contribution in [2.24, 2.45) is 10.8 Å². The maximum atomic E-state index is 14.6. The molecule has 10 heteroatoms. The number of nitrogens with zero attached hydrogens (tertiary/aromatic N) is 5. The summed E-state index contributed by atoms with van der Waals surface area (Å²) in [4.78, 5) is -0.841. The van der Waals surface area contributed by atoms with E-state index in [4.69, 9.17) is 5.73 Å². The quantitative estimate of drug-likeness (QED) is 0.587. The number of aromatic nitrogens is 2. The number of halogens is 2. The number of thioether (sulfide) groups is 1. The van der Waals surface area contributed by atoms with Crippen LogP contribution in [0.25, 0.3) is 0 Å². The van der Waals surface area contributed by atoms with E-state index >= 15 is 0 Å². The number of hydrogen-bond donors (Lipinski definition) is 1. The molecule has 0 spiro atoms. The predicted molar refractivity (Wildman–Crippen MR) is 119 cm³/mol. The van der Waals surface area contributed by atoms with Crippen molar-refractivity contribution in [3.8, 4) is 6.07 Å². The van der Waals surface area contributed by atoms with Crippen LogP contribution >= 0.6 is 23.1 Å². The first-order valence-corrected chi connectivity index (χ1v) is 11.1. The summed E-state index contributed by atoms with van der Waals surface area (Å²) >= 11 is 2.65. The Morgan fingerprint density at radius 2 is 2.03 bits per heavy atom. The Kier molecular flexibility index (Phi) is 6.00. The molecule has 0 amide bonds. The SMILES string of the molecule is Cc1nnc(N2N=C(c3cc(F)ccc3F)SC2(CCCN)c2cccc(C#N)c2)s1. The summed E-state index contributed by atoms with van der Waals surface area (Å²) < 4.78 is 28.5. The summed E-state index contributed by atoms with van der Waals surface area (Å²) in [5, 5.41) is 25.7. The highest BCUT2D eigenvalue weighted by molar-refractivity contribution is 8.15. The number of hydrogen-bond acceptors (Lipinski definition) is 8. The number of nitrogens with two attached hydrogens (primary N) is 1. The second kappa shape index (κ2) is 8.70. The molecule has 4 rings (SSSR count). The van der Waals surface area contributed by atoms with Gasteiger partial charge in [-0.05, 0) is 62.2 Å². The topological polar surface area (TPSA) is 91.2 Å². The Labute approximate surface area is 186 Å². The van der Waals surface area contributed by atoms with Gasteiger partial charge in [0.1, 0.15) is 26.6 Å². The lowest BCUT2D eigenvalue weighted by molar-refractivity contribution is 0.525. The molecule has 1 aliphatic heterocycles. The van der Waals surface area contributed by atoms with E-state index in [0.717, 1.165) is 28.8 Å². The van der Waals surface area contributed by atoms with Gasteiger partial charge >= 0.3 is 0 Å². The third kappa shape index (κ3) is 4.04. The highest BCUT2D eigenvalue weighted by Gasteiger charge is 2.48. The van der Waals surface area contributed by atoms with Crippen molar-refractivity contribution in [3.05, 3.63) is 75.8 Å². The summed E-state index contributed by atoms with van der Waals surface area (Å²) in [5.74, 6) is -1.12. The molecule has 0 saturated heterocycles. The summed E-state index contributed by atoms with van der Waals surface area (Å²) in [6.07, 6.45) is 1.19. The third-order valence-corrected chi connectivity index (χ3v) is 7.08. The summed E-state index contributed by atoms with van der Waals surface area (Å²) in [5.41, 5.74) is 7.19. The van der Waals surface area contributed by atoms with E-state index in [9.17, 15) is 14.0 Å².